The lowest BCUT2D eigenvalue weighted by Gasteiger charge is -2.47. The molecule has 2 amide bonds. The summed E-state index contributed by atoms with van der Waals surface area (Å²) in [5.74, 6) is 1.32. The minimum Gasteiger partial charge on any atom is -0.385 e. The number of urea groups is 1. The molecule has 110 valence electrons. The minimum atomic E-state index is -0.215. The highest BCUT2D eigenvalue weighted by Gasteiger charge is 2.54. The predicted molar refractivity (Wildman–Crippen MR) is 78.5 cm³/mol. The molecule has 0 saturated heterocycles. The van der Waals surface area contributed by atoms with E-state index in [9.17, 15) is 4.79 Å². The lowest BCUT2D eigenvalue weighted by Crippen LogP contribution is -2.57. The number of hydrogen-bond donors (Lipinski definition) is 1. The van der Waals surface area contributed by atoms with Crippen LogP contribution in [0.15, 0.2) is 4.99 Å². The number of hydrogen-bond acceptors (Lipinski definition) is 2. The summed E-state index contributed by atoms with van der Waals surface area (Å²) in [6.45, 7) is 0.885. The van der Waals surface area contributed by atoms with Gasteiger partial charge in [-0.25, -0.2) is 4.79 Å². The molecule has 0 aromatic heterocycles. The third-order valence-corrected chi connectivity index (χ3v) is 6.38. The molecule has 0 aromatic rings. The van der Waals surface area contributed by atoms with Crippen molar-refractivity contribution in [3.8, 4) is 0 Å². The Labute approximate surface area is 120 Å². The summed E-state index contributed by atoms with van der Waals surface area (Å²) < 4.78 is 0. The monoisotopic (exact) mass is 275 g/mol. The molecule has 4 nitrogen and oxygen atoms in total. The highest BCUT2D eigenvalue weighted by molar-refractivity contribution is 6.05. The molecule has 4 rings (SSSR count). The first-order valence-corrected chi connectivity index (χ1v) is 8.30. The van der Waals surface area contributed by atoms with Gasteiger partial charge >= 0.3 is 6.03 Å². The van der Waals surface area contributed by atoms with Crippen molar-refractivity contribution in [2.24, 2.45) is 22.1 Å². The van der Waals surface area contributed by atoms with Crippen molar-refractivity contribution in [3.63, 3.8) is 0 Å². The molecule has 2 spiro atoms. The van der Waals surface area contributed by atoms with Gasteiger partial charge in [0.05, 0.1) is 0 Å². The van der Waals surface area contributed by atoms with E-state index in [0.717, 1.165) is 19.4 Å². The van der Waals surface area contributed by atoms with Crippen molar-refractivity contribution in [2.75, 3.05) is 6.54 Å². The van der Waals surface area contributed by atoms with Gasteiger partial charge < -0.3 is 10.6 Å². The van der Waals surface area contributed by atoms with Crippen LogP contribution in [0, 0.1) is 11.3 Å². The van der Waals surface area contributed by atoms with Crippen molar-refractivity contribution in [2.45, 2.75) is 69.7 Å². The summed E-state index contributed by atoms with van der Waals surface area (Å²) in [5, 5.41) is 0. The number of amidine groups is 1. The number of nitrogens with zero attached hydrogens (tertiary/aromatic N) is 2. The molecule has 0 aromatic carbocycles. The van der Waals surface area contributed by atoms with E-state index in [1.165, 1.54) is 51.4 Å². The van der Waals surface area contributed by atoms with Crippen LogP contribution in [0.5, 0.6) is 0 Å². The van der Waals surface area contributed by atoms with Crippen molar-refractivity contribution in [1.29, 1.82) is 0 Å². The Morgan fingerprint density at radius 2 is 1.75 bits per heavy atom. The normalized spacial score (nSPS) is 31.3. The lowest BCUT2D eigenvalue weighted by atomic mass is 9.65. The van der Waals surface area contributed by atoms with Gasteiger partial charge in [0, 0.05) is 6.54 Å². The third kappa shape index (κ3) is 1.80. The van der Waals surface area contributed by atoms with E-state index in [-0.39, 0.29) is 11.6 Å². The first kappa shape index (κ1) is 12.7. The smallest absolute Gasteiger partial charge is 0.346 e. The summed E-state index contributed by atoms with van der Waals surface area (Å²) in [6.07, 6.45) is 12.6. The number of carbonyl (C=O) groups is 1. The average Bonchev–Trinajstić information content (AvgIpc) is 3.11. The molecular weight excluding hydrogens is 250 g/mol. The van der Waals surface area contributed by atoms with Crippen LogP contribution in [0.4, 0.5) is 4.79 Å². The van der Waals surface area contributed by atoms with Crippen LogP contribution in [-0.4, -0.2) is 28.9 Å². The summed E-state index contributed by atoms with van der Waals surface area (Å²) in [4.78, 5) is 18.3. The second kappa shape index (κ2) is 4.22. The molecule has 20 heavy (non-hydrogen) atoms. The predicted octanol–water partition coefficient (Wildman–Crippen LogP) is 3.06. The molecule has 3 aliphatic carbocycles. The third-order valence-electron chi connectivity index (χ3n) is 6.38. The largest absolute Gasteiger partial charge is 0.385 e. The molecule has 0 atom stereocenters. The maximum Gasteiger partial charge on any atom is 0.346 e. The summed E-state index contributed by atoms with van der Waals surface area (Å²) in [7, 11) is 0. The number of nitrogens with two attached hydrogens (primary N) is 1. The molecule has 4 heteroatoms. The second-order valence-corrected chi connectivity index (χ2v) is 7.57. The zero-order valence-electron chi connectivity index (χ0n) is 12.2. The maximum atomic E-state index is 12.2. The zero-order chi connectivity index (χ0) is 13.8. The molecule has 4 aliphatic rings. The van der Waals surface area contributed by atoms with Crippen molar-refractivity contribution < 1.29 is 4.79 Å². The van der Waals surface area contributed by atoms with Gasteiger partial charge in [-0.2, -0.15) is 4.99 Å². The van der Waals surface area contributed by atoms with E-state index < -0.39 is 0 Å². The first-order valence-electron chi connectivity index (χ1n) is 8.30. The Morgan fingerprint density at radius 3 is 2.35 bits per heavy atom. The fraction of sp³-hybridized carbons (Fsp3) is 0.875. The van der Waals surface area contributed by atoms with E-state index in [1.807, 2.05) is 4.90 Å². The Morgan fingerprint density at radius 1 is 1.10 bits per heavy atom. The fourth-order valence-electron chi connectivity index (χ4n) is 4.75. The van der Waals surface area contributed by atoms with Crippen LogP contribution in [0.3, 0.4) is 0 Å². The van der Waals surface area contributed by atoms with E-state index in [1.54, 1.807) is 0 Å². The second-order valence-electron chi connectivity index (χ2n) is 7.57. The van der Waals surface area contributed by atoms with Crippen LogP contribution in [0.1, 0.15) is 64.2 Å². The molecule has 0 unspecified atom stereocenters. The zero-order valence-corrected chi connectivity index (χ0v) is 12.2. The van der Waals surface area contributed by atoms with Crippen LogP contribution < -0.4 is 5.73 Å². The van der Waals surface area contributed by atoms with Crippen LogP contribution >= 0.6 is 0 Å². The number of rotatable bonds is 2. The van der Waals surface area contributed by atoms with Gasteiger partial charge in [-0.1, -0.05) is 12.8 Å². The van der Waals surface area contributed by atoms with E-state index in [4.69, 9.17) is 5.73 Å². The molecule has 0 bridgehead atoms. The lowest BCUT2D eigenvalue weighted by molar-refractivity contribution is 0.0813. The number of amides is 2. The molecule has 3 saturated carbocycles. The van der Waals surface area contributed by atoms with Crippen molar-refractivity contribution in [1.82, 2.24) is 4.90 Å². The summed E-state index contributed by atoms with van der Waals surface area (Å²) in [5.41, 5.74) is 6.55. The van der Waals surface area contributed by atoms with Gasteiger partial charge in [-0.3, -0.25) is 0 Å². The molecular formula is C16H25N3O. The summed E-state index contributed by atoms with van der Waals surface area (Å²) in [6, 6.07) is -0.0724. The SMILES string of the molecule is NC1=NC(=O)N(CC2CC2)C12CCC1(CCCC1)CC2. The molecule has 3 fully saturated rings. The van der Waals surface area contributed by atoms with Gasteiger partial charge in [0.15, 0.2) is 0 Å². The Kier molecular flexibility index (Phi) is 2.67. The molecule has 1 aliphatic heterocycles. The highest BCUT2D eigenvalue weighted by atomic mass is 16.2. The van der Waals surface area contributed by atoms with Crippen LogP contribution in [0.25, 0.3) is 0 Å². The van der Waals surface area contributed by atoms with Crippen LogP contribution in [-0.2, 0) is 0 Å². The van der Waals surface area contributed by atoms with Crippen LogP contribution in [0.2, 0.25) is 0 Å². The Balaban J connectivity index is 1.55. The topological polar surface area (TPSA) is 58.7 Å². The Hall–Kier alpha value is -1.06. The van der Waals surface area contributed by atoms with E-state index in [0.29, 0.717) is 17.2 Å². The van der Waals surface area contributed by atoms with Gasteiger partial charge in [-0.05, 0) is 62.7 Å². The highest BCUT2D eigenvalue weighted by Crippen LogP contribution is 2.53. The van der Waals surface area contributed by atoms with Gasteiger partial charge in [0.25, 0.3) is 0 Å². The average molecular weight is 275 g/mol. The van der Waals surface area contributed by atoms with Crippen molar-refractivity contribution >= 4 is 11.9 Å². The molecule has 0 radical (unpaired) electrons. The van der Waals surface area contributed by atoms with Gasteiger partial charge in [-0.15, -0.1) is 0 Å². The quantitative estimate of drug-likeness (QED) is 0.842. The van der Waals surface area contributed by atoms with Gasteiger partial charge in [0.1, 0.15) is 11.4 Å². The summed E-state index contributed by atoms with van der Waals surface area (Å²) >= 11 is 0. The number of carbonyl (C=O) groups excluding carboxylic acids is 1. The van der Waals surface area contributed by atoms with Gasteiger partial charge in [0.2, 0.25) is 0 Å². The fourth-order valence-corrected chi connectivity index (χ4v) is 4.75. The Bertz CT molecular complexity index is 450. The molecule has 1 heterocycles. The number of aliphatic imine (C=N–C) groups is 1. The van der Waals surface area contributed by atoms with E-state index in [2.05, 4.69) is 4.99 Å². The minimum absolute atomic E-state index is 0.0724. The van der Waals surface area contributed by atoms with Crippen molar-refractivity contribution in [3.05, 3.63) is 0 Å². The van der Waals surface area contributed by atoms with E-state index >= 15 is 0 Å². The molecule has 2 N–H and O–H groups in total. The maximum absolute atomic E-state index is 12.2. The standard InChI is InChI=1S/C16H25N3O/c17-13-16(19(14(20)18-13)11-12-3-4-12)9-7-15(8-10-16)5-1-2-6-15/h12H,1-11H2,(H2,17,18,20). The first-order chi connectivity index (χ1) is 9.64.